The van der Waals surface area contributed by atoms with E-state index in [1.165, 1.54) is 11.1 Å². The topological polar surface area (TPSA) is 26.0 Å². The zero-order chi connectivity index (χ0) is 8.69. The summed E-state index contributed by atoms with van der Waals surface area (Å²) in [7, 11) is 0. The second-order valence-electron chi connectivity index (χ2n) is 2.46. The van der Waals surface area contributed by atoms with E-state index >= 15 is 0 Å². The molecule has 11 heavy (non-hydrogen) atoms. The van der Waals surface area contributed by atoms with Gasteiger partial charge in [-0.2, -0.15) is 0 Å². The molecule has 0 aromatic carbocycles. The molecule has 0 aliphatic heterocycles. The summed E-state index contributed by atoms with van der Waals surface area (Å²) in [6, 6.07) is 0. The summed E-state index contributed by atoms with van der Waals surface area (Å²) in [5, 5.41) is 0. The molecular weight excluding hydrogens is 134 g/mol. The molecule has 0 bridgehead atoms. The van der Waals surface area contributed by atoms with Crippen LogP contribution in [0.3, 0.4) is 0 Å². The molecule has 0 spiro atoms. The Balaban J connectivity index is 4.37. The van der Waals surface area contributed by atoms with Gasteiger partial charge in [-0.3, -0.25) is 0 Å². The highest BCUT2D eigenvalue weighted by Gasteiger charge is 1.92. The van der Waals surface area contributed by atoms with Crippen LogP contribution in [0, 0.1) is 0 Å². The molecule has 0 aliphatic rings. The minimum Gasteiger partial charge on any atom is -0.326 e. The Morgan fingerprint density at radius 3 is 2.55 bits per heavy atom. The highest BCUT2D eigenvalue weighted by atomic mass is 14.5. The Kier molecular flexibility index (Phi) is 5.49. The number of hydrogen-bond donors (Lipinski definition) is 1. The van der Waals surface area contributed by atoms with Gasteiger partial charge in [0.25, 0.3) is 0 Å². The number of nitrogens with two attached hydrogens (primary N) is 1. The van der Waals surface area contributed by atoms with E-state index < -0.39 is 0 Å². The van der Waals surface area contributed by atoms with Gasteiger partial charge in [0, 0.05) is 6.54 Å². The molecule has 0 heterocycles. The summed E-state index contributed by atoms with van der Waals surface area (Å²) in [5.41, 5.74) is 8.11. The van der Waals surface area contributed by atoms with Crippen molar-refractivity contribution in [1.29, 1.82) is 0 Å². The molecule has 0 rings (SSSR count). The van der Waals surface area contributed by atoms with Gasteiger partial charge in [-0.15, -0.1) is 0 Å². The summed E-state index contributed by atoms with van der Waals surface area (Å²) in [6.07, 6.45) is 6.76. The third-order valence-corrected chi connectivity index (χ3v) is 1.73. The van der Waals surface area contributed by atoms with Gasteiger partial charge in [0.1, 0.15) is 0 Å². The molecule has 0 fully saturated rings. The third kappa shape index (κ3) is 3.79. The van der Waals surface area contributed by atoms with Gasteiger partial charge in [0.15, 0.2) is 0 Å². The highest BCUT2D eigenvalue weighted by molar-refractivity contribution is 5.27. The van der Waals surface area contributed by atoms with Crippen LogP contribution in [-0.4, -0.2) is 6.54 Å². The van der Waals surface area contributed by atoms with Crippen molar-refractivity contribution in [3.8, 4) is 0 Å². The fraction of sp³-hybridized carbons (Fsp3) is 0.400. The standard InChI is InChI=1S/C10H17N/c1-4-6-7-10(8-11)9(3)5-2/h4,6-7H,1,5,8,11H2,2-3H3/b7-6-,10-9-. The van der Waals surface area contributed by atoms with Crippen molar-refractivity contribution >= 4 is 0 Å². The van der Waals surface area contributed by atoms with Crippen molar-refractivity contribution in [2.24, 2.45) is 5.73 Å². The lowest BCUT2D eigenvalue weighted by molar-refractivity contribution is 1.03. The van der Waals surface area contributed by atoms with Crippen molar-refractivity contribution in [2.75, 3.05) is 6.54 Å². The fourth-order valence-electron chi connectivity index (χ4n) is 0.796. The molecule has 0 radical (unpaired) electrons. The molecule has 0 aromatic heterocycles. The van der Waals surface area contributed by atoms with Gasteiger partial charge in [0.2, 0.25) is 0 Å². The van der Waals surface area contributed by atoms with Crippen LogP contribution >= 0.6 is 0 Å². The molecule has 1 nitrogen and oxygen atoms in total. The van der Waals surface area contributed by atoms with Crippen LogP contribution in [0.2, 0.25) is 0 Å². The monoisotopic (exact) mass is 151 g/mol. The maximum absolute atomic E-state index is 5.55. The Morgan fingerprint density at radius 2 is 2.18 bits per heavy atom. The summed E-state index contributed by atoms with van der Waals surface area (Å²) >= 11 is 0. The van der Waals surface area contributed by atoms with E-state index in [1.54, 1.807) is 6.08 Å². The first-order chi connectivity index (χ1) is 5.26. The van der Waals surface area contributed by atoms with Gasteiger partial charge in [-0.05, 0) is 18.9 Å². The molecule has 62 valence electrons. The maximum Gasteiger partial charge on any atom is 0.0177 e. The quantitative estimate of drug-likeness (QED) is 0.613. The van der Waals surface area contributed by atoms with Crippen molar-refractivity contribution in [3.63, 3.8) is 0 Å². The average molecular weight is 151 g/mol. The van der Waals surface area contributed by atoms with Gasteiger partial charge in [-0.25, -0.2) is 0 Å². The summed E-state index contributed by atoms with van der Waals surface area (Å²) in [4.78, 5) is 0. The molecule has 0 amide bonds. The van der Waals surface area contributed by atoms with Crippen molar-refractivity contribution in [1.82, 2.24) is 0 Å². The summed E-state index contributed by atoms with van der Waals surface area (Å²) in [5.74, 6) is 0. The Labute approximate surface area is 69.3 Å². The summed E-state index contributed by atoms with van der Waals surface area (Å²) < 4.78 is 0. The summed E-state index contributed by atoms with van der Waals surface area (Å²) in [6.45, 7) is 8.46. The molecule has 0 saturated carbocycles. The van der Waals surface area contributed by atoms with Crippen molar-refractivity contribution in [3.05, 3.63) is 36.0 Å². The van der Waals surface area contributed by atoms with E-state index in [9.17, 15) is 0 Å². The molecule has 0 aromatic rings. The van der Waals surface area contributed by atoms with Crippen LogP contribution in [0.1, 0.15) is 20.3 Å². The van der Waals surface area contributed by atoms with E-state index in [4.69, 9.17) is 5.73 Å². The lowest BCUT2D eigenvalue weighted by Gasteiger charge is -2.01. The predicted molar refractivity (Wildman–Crippen MR) is 51.4 cm³/mol. The van der Waals surface area contributed by atoms with Crippen LogP contribution in [0.4, 0.5) is 0 Å². The Bertz CT molecular complexity index is 175. The van der Waals surface area contributed by atoms with Gasteiger partial charge >= 0.3 is 0 Å². The Morgan fingerprint density at radius 1 is 1.55 bits per heavy atom. The number of hydrogen-bond acceptors (Lipinski definition) is 1. The highest BCUT2D eigenvalue weighted by Crippen LogP contribution is 2.07. The van der Waals surface area contributed by atoms with E-state index in [2.05, 4.69) is 20.4 Å². The first-order valence-corrected chi connectivity index (χ1v) is 3.94. The smallest absolute Gasteiger partial charge is 0.0177 e. The normalized spacial score (nSPS) is 13.4. The first kappa shape index (κ1) is 10.2. The zero-order valence-corrected chi connectivity index (χ0v) is 7.43. The molecule has 1 heteroatoms. The lowest BCUT2D eigenvalue weighted by atomic mass is 10.1. The van der Waals surface area contributed by atoms with Crippen molar-refractivity contribution < 1.29 is 0 Å². The van der Waals surface area contributed by atoms with Crippen LogP contribution < -0.4 is 5.73 Å². The maximum atomic E-state index is 5.55. The Hall–Kier alpha value is -0.820. The molecule has 2 N–H and O–H groups in total. The second-order valence-corrected chi connectivity index (χ2v) is 2.46. The third-order valence-electron chi connectivity index (χ3n) is 1.73. The van der Waals surface area contributed by atoms with Crippen molar-refractivity contribution in [2.45, 2.75) is 20.3 Å². The van der Waals surface area contributed by atoms with E-state index in [-0.39, 0.29) is 0 Å². The fourth-order valence-corrected chi connectivity index (χ4v) is 0.796. The van der Waals surface area contributed by atoms with Crippen LogP contribution in [-0.2, 0) is 0 Å². The van der Waals surface area contributed by atoms with Gasteiger partial charge < -0.3 is 5.73 Å². The largest absolute Gasteiger partial charge is 0.326 e. The van der Waals surface area contributed by atoms with Gasteiger partial charge in [0.05, 0.1) is 0 Å². The molecule has 0 saturated heterocycles. The predicted octanol–water partition coefficient (Wildman–Crippen LogP) is 2.41. The second kappa shape index (κ2) is 5.93. The minimum absolute atomic E-state index is 0.615. The average Bonchev–Trinajstić information content (AvgIpc) is 2.05. The van der Waals surface area contributed by atoms with E-state index in [1.807, 2.05) is 12.2 Å². The SMILES string of the molecule is C=C/C=C\C(CN)=C(/C)CC. The first-order valence-electron chi connectivity index (χ1n) is 3.94. The number of allylic oxidation sites excluding steroid dienone is 3. The zero-order valence-electron chi connectivity index (χ0n) is 7.43. The van der Waals surface area contributed by atoms with Gasteiger partial charge in [-0.1, -0.05) is 37.3 Å². The molecular formula is C10H17N. The van der Waals surface area contributed by atoms with Crippen LogP contribution in [0.15, 0.2) is 36.0 Å². The molecule has 0 aliphatic carbocycles. The van der Waals surface area contributed by atoms with E-state index in [0.29, 0.717) is 6.54 Å². The molecule has 0 unspecified atom stereocenters. The van der Waals surface area contributed by atoms with Crippen LogP contribution in [0.5, 0.6) is 0 Å². The lowest BCUT2D eigenvalue weighted by Crippen LogP contribution is -2.02. The number of rotatable bonds is 4. The van der Waals surface area contributed by atoms with E-state index in [0.717, 1.165) is 6.42 Å². The minimum atomic E-state index is 0.615. The molecule has 0 atom stereocenters. The van der Waals surface area contributed by atoms with Crippen LogP contribution in [0.25, 0.3) is 0 Å².